The summed E-state index contributed by atoms with van der Waals surface area (Å²) in [6.45, 7) is 4.26. The number of imide groups is 1. The fourth-order valence-electron chi connectivity index (χ4n) is 2.09. The van der Waals surface area contributed by atoms with Gasteiger partial charge in [-0.3, -0.25) is 19.7 Å². The Bertz CT molecular complexity index is 632. The van der Waals surface area contributed by atoms with Crippen molar-refractivity contribution in [2.24, 2.45) is 0 Å². The zero-order chi connectivity index (χ0) is 15.9. The van der Waals surface area contributed by atoms with Gasteiger partial charge in [-0.2, -0.15) is 0 Å². The van der Waals surface area contributed by atoms with E-state index in [1.165, 1.54) is 26.8 Å². The van der Waals surface area contributed by atoms with E-state index in [-0.39, 0.29) is 23.4 Å². The van der Waals surface area contributed by atoms with E-state index in [1.807, 2.05) is 0 Å². The van der Waals surface area contributed by atoms with Crippen LogP contribution in [0.25, 0.3) is 0 Å². The van der Waals surface area contributed by atoms with Gasteiger partial charge in [-0.05, 0) is 32.9 Å². The van der Waals surface area contributed by atoms with E-state index < -0.39 is 29.1 Å². The first-order valence-electron chi connectivity index (χ1n) is 6.36. The van der Waals surface area contributed by atoms with Crippen molar-refractivity contribution in [3.05, 3.63) is 29.1 Å². The molecule has 0 radical (unpaired) electrons. The van der Waals surface area contributed by atoms with Crippen LogP contribution in [0.3, 0.4) is 0 Å². The topological polar surface area (TPSA) is 92.5 Å². The number of nitrogens with two attached hydrogens (primary N) is 1. The molecule has 3 N–H and O–H groups in total. The summed E-state index contributed by atoms with van der Waals surface area (Å²) in [5, 5.41) is 2.17. The van der Waals surface area contributed by atoms with Crippen molar-refractivity contribution in [1.82, 2.24) is 10.2 Å². The molecule has 0 bridgehead atoms. The summed E-state index contributed by atoms with van der Waals surface area (Å²) < 4.78 is 13.7. The predicted octanol–water partition coefficient (Wildman–Crippen LogP) is 0.594. The number of hydrogen-bond donors (Lipinski definition) is 2. The summed E-state index contributed by atoms with van der Waals surface area (Å²) in [7, 11) is 0. The number of nitrogens with zero attached hydrogens (tertiary/aromatic N) is 1. The number of hydrogen-bond acceptors (Lipinski definition) is 4. The summed E-state index contributed by atoms with van der Waals surface area (Å²) >= 11 is 0. The average molecular weight is 293 g/mol. The maximum Gasteiger partial charge on any atom is 0.255 e. The molecule has 112 valence electrons. The lowest BCUT2D eigenvalue weighted by Gasteiger charge is -2.40. The van der Waals surface area contributed by atoms with Crippen molar-refractivity contribution in [1.29, 1.82) is 0 Å². The Hall–Kier alpha value is -2.44. The number of rotatable bonds is 1. The Labute approximate surface area is 121 Å². The van der Waals surface area contributed by atoms with Crippen molar-refractivity contribution in [2.75, 3.05) is 12.3 Å². The monoisotopic (exact) mass is 293 g/mol. The Kier molecular flexibility index (Phi) is 3.44. The summed E-state index contributed by atoms with van der Waals surface area (Å²) in [5.74, 6) is -2.38. The van der Waals surface area contributed by atoms with Gasteiger partial charge in [-0.15, -0.1) is 0 Å². The molecule has 6 nitrogen and oxygen atoms in total. The molecule has 1 aromatic carbocycles. The fourth-order valence-corrected chi connectivity index (χ4v) is 2.09. The predicted molar refractivity (Wildman–Crippen MR) is 73.8 cm³/mol. The van der Waals surface area contributed by atoms with Gasteiger partial charge in [0.1, 0.15) is 17.9 Å². The standard InChI is InChI=1S/C14H16FN3O3/c1-7-9(15)4-8(5-10(7)16)12(20)18-6-11(19)17-13(21)14(18,2)3/h4-5H,6,16H2,1-3H3,(H,17,19,21). The number of carbonyl (C=O) groups is 3. The third-order valence-electron chi connectivity index (χ3n) is 3.66. The molecule has 3 amide bonds. The normalized spacial score (nSPS) is 17.6. The highest BCUT2D eigenvalue weighted by Gasteiger charge is 2.43. The quantitative estimate of drug-likeness (QED) is 0.585. The molecule has 0 unspecified atom stereocenters. The Morgan fingerprint density at radius 2 is 2.00 bits per heavy atom. The highest BCUT2D eigenvalue weighted by Crippen LogP contribution is 2.24. The van der Waals surface area contributed by atoms with E-state index in [0.717, 1.165) is 11.0 Å². The third-order valence-corrected chi connectivity index (χ3v) is 3.66. The lowest BCUT2D eigenvalue weighted by Crippen LogP contribution is -2.65. The fraction of sp³-hybridized carbons (Fsp3) is 0.357. The second-order valence-corrected chi connectivity index (χ2v) is 5.50. The van der Waals surface area contributed by atoms with Crippen molar-refractivity contribution in [3.8, 4) is 0 Å². The molecule has 7 heteroatoms. The molecule has 0 aromatic heterocycles. The molecule has 0 spiro atoms. The van der Waals surface area contributed by atoms with Crippen molar-refractivity contribution < 1.29 is 18.8 Å². The summed E-state index contributed by atoms with van der Waals surface area (Å²) in [4.78, 5) is 36.9. The maximum absolute atomic E-state index is 13.7. The van der Waals surface area contributed by atoms with E-state index >= 15 is 0 Å². The minimum Gasteiger partial charge on any atom is -0.398 e. The van der Waals surface area contributed by atoms with Gasteiger partial charge >= 0.3 is 0 Å². The molecule has 0 aliphatic carbocycles. The lowest BCUT2D eigenvalue weighted by molar-refractivity contribution is -0.143. The van der Waals surface area contributed by atoms with E-state index in [9.17, 15) is 18.8 Å². The molecule has 21 heavy (non-hydrogen) atoms. The van der Waals surface area contributed by atoms with E-state index in [1.54, 1.807) is 0 Å². The van der Waals surface area contributed by atoms with Gasteiger partial charge in [0.25, 0.3) is 11.8 Å². The smallest absolute Gasteiger partial charge is 0.255 e. The van der Waals surface area contributed by atoms with E-state index in [0.29, 0.717) is 0 Å². The molecule has 1 aliphatic rings. The highest BCUT2D eigenvalue weighted by molar-refractivity contribution is 6.09. The van der Waals surface area contributed by atoms with Gasteiger partial charge in [0.15, 0.2) is 0 Å². The zero-order valence-electron chi connectivity index (χ0n) is 12.0. The van der Waals surface area contributed by atoms with E-state index in [4.69, 9.17) is 5.73 Å². The van der Waals surface area contributed by atoms with Gasteiger partial charge in [0.05, 0.1) is 0 Å². The van der Waals surface area contributed by atoms with Crippen LogP contribution in [0.1, 0.15) is 29.8 Å². The van der Waals surface area contributed by atoms with Crippen LogP contribution in [-0.2, 0) is 9.59 Å². The highest BCUT2D eigenvalue weighted by atomic mass is 19.1. The second-order valence-electron chi connectivity index (χ2n) is 5.50. The largest absolute Gasteiger partial charge is 0.398 e. The third kappa shape index (κ3) is 2.46. The Morgan fingerprint density at radius 3 is 2.57 bits per heavy atom. The molecule has 0 saturated carbocycles. The number of halogens is 1. The maximum atomic E-state index is 13.7. The number of amides is 3. The molecule has 1 saturated heterocycles. The van der Waals surface area contributed by atoms with Crippen LogP contribution in [0, 0.1) is 12.7 Å². The van der Waals surface area contributed by atoms with Gasteiger partial charge in [0.2, 0.25) is 5.91 Å². The summed E-state index contributed by atoms with van der Waals surface area (Å²) in [6, 6.07) is 2.40. The SMILES string of the molecule is Cc1c(N)cc(C(=O)N2CC(=O)NC(=O)C2(C)C)cc1F. The molecular weight excluding hydrogens is 277 g/mol. The average Bonchev–Trinajstić information content (AvgIpc) is 2.39. The molecule has 1 fully saturated rings. The number of anilines is 1. The van der Waals surface area contributed by atoms with Crippen molar-refractivity contribution >= 4 is 23.4 Å². The van der Waals surface area contributed by atoms with Gasteiger partial charge < -0.3 is 10.6 Å². The van der Waals surface area contributed by atoms with E-state index in [2.05, 4.69) is 5.32 Å². The molecular formula is C14H16FN3O3. The second kappa shape index (κ2) is 4.83. The first-order chi connectivity index (χ1) is 9.64. The lowest BCUT2D eigenvalue weighted by atomic mass is 9.97. The van der Waals surface area contributed by atoms with Crippen LogP contribution >= 0.6 is 0 Å². The molecule has 1 heterocycles. The number of benzene rings is 1. The van der Waals surface area contributed by atoms with Crippen LogP contribution in [0.4, 0.5) is 10.1 Å². The molecule has 2 rings (SSSR count). The molecule has 0 atom stereocenters. The summed E-state index contributed by atoms with van der Waals surface area (Å²) in [5.41, 5.74) is 4.84. The van der Waals surface area contributed by atoms with Gasteiger partial charge in [0, 0.05) is 16.8 Å². The minimum absolute atomic E-state index is 0.00572. The van der Waals surface area contributed by atoms with Crippen LogP contribution in [0.2, 0.25) is 0 Å². The minimum atomic E-state index is -1.21. The number of nitrogens with one attached hydrogen (secondary N) is 1. The number of piperazine rings is 1. The van der Waals surface area contributed by atoms with Crippen LogP contribution in [0.15, 0.2) is 12.1 Å². The van der Waals surface area contributed by atoms with Crippen molar-refractivity contribution in [3.63, 3.8) is 0 Å². The van der Waals surface area contributed by atoms with Gasteiger partial charge in [-0.25, -0.2) is 4.39 Å². The van der Waals surface area contributed by atoms with Crippen LogP contribution < -0.4 is 11.1 Å². The van der Waals surface area contributed by atoms with Gasteiger partial charge in [-0.1, -0.05) is 0 Å². The number of carbonyl (C=O) groups excluding carboxylic acids is 3. The molecule has 1 aromatic rings. The first-order valence-corrected chi connectivity index (χ1v) is 6.36. The van der Waals surface area contributed by atoms with Crippen LogP contribution in [0.5, 0.6) is 0 Å². The Balaban J connectivity index is 2.43. The Morgan fingerprint density at radius 1 is 1.38 bits per heavy atom. The number of nitrogen functional groups attached to an aromatic ring is 1. The first kappa shape index (κ1) is 15.0. The van der Waals surface area contributed by atoms with Crippen LogP contribution in [-0.4, -0.2) is 34.7 Å². The van der Waals surface area contributed by atoms with Crippen molar-refractivity contribution in [2.45, 2.75) is 26.3 Å². The zero-order valence-corrected chi connectivity index (χ0v) is 12.0. The summed E-state index contributed by atoms with van der Waals surface area (Å²) in [6.07, 6.45) is 0. The molecule has 1 aliphatic heterocycles.